The van der Waals surface area contributed by atoms with E-state index in [-0.39, 0.29) is 12.2 Å². The topological polar surface area (TPSA) is 80.4 Å². The summed E-state index contributed by atoms with van der Waals surface area (Å²) >= 11 is 3.27. The van der Waals surface area contributed by atoms with Gasteiger partial charge in [-0.3, -0.25) is 4.55 Å². The lowest BCUT2D eigenvalue weighted by Gasteiger charge is -1.93. The molecule has 1 radical (unpaired) electrons. The monoisotopic (exact) mass is 318 g/mol. The largest absolute Gasteiger partial charge is 0.441 e. The second kappa shape index (κ2) is 4.75. The van der Waals surface area contributed by atoms with Gasteiger partial charge in [0.15, 0.2) is 11.5 Å². The molecule has 0 amide bonds. The summed E-state index contributed by atoms with van der Waals surface area (Å²) in [6.45, 7) is 0. The molecule has 91 valence electrons. The van der Waals surface area contributed by atoms with Crippen LogP contribution in [0.4, 0.5) is 0 Å². The van der Waals surface area contributed by atoms with E-state index in [9.17, 15) is 8.42 Å². The maximum Gasteiger partial charge on any atom is 0.264 e. The smallest absolute Gasteiger partial charge is 0.264 e. The number of hydrogen-bond donors (Lipinski definition) is 1. The number of fused-ring (bicyclic) bond motifs is 1. The zero-order valence-corrected chi connectivity index (χ0v) is 11.1. The lowest BCUT2D eigenvalue weighted by molar-refractivity contribution is 0.477. The van der Waals surface area contributed by atoms with E-state index in [0.29, 0.717) is 23.4 Å². The molecule has 0 spiro atoms. The molecule has 1 N–H and O–H groups in total. The summed E-state index contributed by atoms with van der Waals surface area (Å²) in [4.78, 5) is 4.16. The van der Waals surface area contributed by atoms with Crippen LogP contribution in [0, 0.1) is 6.07 Å². The Morgan fingerprint density at radius 2 is 2.24 bits per heavy atom. The Labute approximate surface area is 107 Å². The predicted molar refractivity (Wildman–Crippen MR) is 65.3 cm³/mol. The molecule has 0 aliphatic rings. The minimum Gasteiger partial charge on any atom is -0.441 e. The number of aromatic nitrogens is 1. The van der Waals surface area contributed by atoms with Gasteiger partial charge in [-0.2, -0.15) is 8.42 Å². The standard InChI is InChI=1S/C10H9BrNO4S/c11-7-3-4-9-8(6-7)12-10(16-9)2-1-5-17(13,14)15/h3-4H,1-2,5H2,(H,13,14,15). The van der Waals surface area contributed by atoms with Crippen LogP contribution in [0.2, 0.25) is 0 Å². The first-order valence-electron chi connectivity index (χ1n) is 4.86. The minimum absolute atomic E-state index is 0.271. The second-order valence-corrected chi connectivity index (χ2v) is 5.94. The van der Waals surface area contributed by atoms with Crippen LogP contribution in [0.3, 0.4) is 0 Å². The number of benzene rings is 1. The van der Waals surface area contributed by atoms with Crippen molar-refractivity contribution in [1.29, 1.82) is 0 Å². The summed E-state index contributed by atoms with van der Waals surface area (Å²) < 4.78 is 35.8. The molecule has 1 aromatic carbocycles. The Bertz CT molecular complexity index is 635. The molecular formula is C10H9BrNO4S. The molecule has 0 aliphatic carbocycles. The second-order valence-electron chi connectivity index (χ2n) is 3.52. The first kappa shape index (κ1) is 12.5. The molecular weight excluding hydrogens is 310 g/mol. The van der Waals surface area contributed by atoms with Crippen molar-refractivity contribution in [2.24, 2.45) is 0 Å². The van der Waals surface area contributed by atoms with Crippen LogP contribution in [0.15, 0.2) is 21.0 Å². The third-order valence-corrected chi connectivity index (χ3v) is 3.38. The van der Waals surface area contributed by atoms with Crippen LogP contribution in [-0.2, 0) is 16.5 Å². The van der Waals surface area contributed by atoms with Crippen molar-refractivity contribution in [3.63, 3.8) is 0 Å². The van der Waals surface area contributed by atoms with E-state index in [4.69, 9.17) is 8.97 Å². The van der Waals surface area contributed by atoms with Gasteiger partial charge in [-0.05, 0) is 18.6 Å². The van der Waals surface area contributed by atoms with Gasteiger partial charge in [-0.15, -0.1) is 0 Å². The molecule has 0 saturated heterocycles. The fraction of sp³-hybridized carbons (Fsp3) is 0.300. The first-order valence-corrected chi connectivity index (χ1v) is 7.27. The average molecular weight is 319 g/mol. The average Bonchev–Trinajstić information content (AvgIpc) is 2.57. The number of hydrogen-bond acceptors (Lipinski definition) is 4. The van der Waals surface area contributed by atoms with Crippen LogP contribution in [0.5, 0.6) is 0 Å². The number of oxazole rings is 1. The molecule has 7 heteroatoms. The van der Waals surface area contributed by atoms with Crippen LogP contribution in [-0.4, -0.2) is 23.7 Å². The molecule has 0 fully saturated rings. The van der Waals surface area contributed by atoms with Gasteiger partial charge in [-0.1, -0.05) is 15.9 Å². The Hall–Kier alpha value is -0.920. The van der Waals surface area contributed by atoms with Crippen LogP contribution < -0.4 is 0 Å². The van der Waals surface area contributed by atoms with Gasteiger partial charge >= 0.3 is 0 Å². The fourth-order valence-corrected chi connectivity index (χ4v) is 2.23. The van der Waals surface area contributed by atoms with Crippen molar-refractivity contribution in [1.82, 2.24) is 4.98 Å². The van der Waals surface area contributed by atoms with Crippen LogP contribution in [0.25, 0.3) is 11.1 Å². The summed E-state index contributed by atoms with van der Waals surface area (Å²) in [5.74, 6) is 0.150. The Morgan fingerprint density at radius 3 is 2.94 bits per heavy atom. The highest BCUT2D eigenvalue weighted by Crippen LogP contribution is 2.20. The predicted octanol–water partition coefficient (Wildman–Crippen LogP) is 2.21. The normalized spacial score (nSPS) is 12.1. The van der Waals surface area contributed by atoms with Crippen molar-refractivity contribution in [2.75, 3.05) is 5.75 Å². The molecule has 0 atom stereocenters. The zero-order valence-electron chi connectivity index (χ0n) is 8.68. The van der Waals surface area contributed by atoms with Crippen molar-refractivity contribution >= 4 is 37.1 Å². The summed E-state index contributed by atoms with van der Waals surface area (Å²) in [5, 5.41) is 0. The highest BCUT2D eigenvalue weighted by Gasteiger charge is 2.09. The lowest BCUT2D eigenvalue weighted by Crippen LogP contribution is -2.04. The highest BCUT2D eigenvalue weighted by molar-refractivity contribution is 9.10. The molecule has 0 unspecified atom stereocenters. The summed E-state index contributed by atoms with van der Waals surface area (Å²) in [7, 11) is -3.92. The quantitative estimate of drug-likeness (QED) is 0.874. The van der Waals surface area contributed by atoms with Gasteiger partial charge in [0.25, 0.3) is 10.1 Å². The van der Waals surface area contributed by atoms with Gasteiger partial charge in [-0.25, -0.2) is 4.98 Å². The van der Waals surface area contributed by atoms with Gasteiger partial charge in [0.1, 0.15) is 5.52 Å². The Morgan fingerprint density at radius 1 is 1.47 bits per heavy atom. The molecule has 0 saturated carbocycles. The van der Waals surface area contributed by atoms with Crippen LogP contribution >= 0.6 is 15.9 Å². The number of halogens is 1. The zero-order chi connectivity index (χ0) is 12.5. The first-order chi connectivity index (χ1) is 7.94. The molecule has 1 heterocycles. The van der Waals surface area contributed by atoms with Gasteiger partial charge in [0.2, 0.25) is 0 Å². The third-order valence-electron chi connectivity index (χ3n) is 2.11. The Balaban J connectivity index is 2.09. The van der Waals surface area contributed by atoms with E-state index >= 15 is 0 Å². The molecule has 5 nitrogen and oxygen atoms in total. The summed E-state index contributed by atoms with van der Waals surface area (Å²) in [6.07, 6.45) is 0.632. The van der Waals surface area contributed by atoms with Crippen molar-refractivity contribution < 1.29 is 17.4 Å². The van der Waals surface area contributed by atoms with Crippen molar-refractivity contribution in [3.8, 4) is 0 Å². The number of nitrogens with zero attached hydrogens (tertiary/aromatic N) is 1. The third kappa shape index (κ3) is 3.52. The van der Waals surface area contributed by atoms with Crippen LogP contribution in [0.1, 0.15) is 12.3 Å². The summed E-state index contributed by atoms with van der Waals surface area (Å²) in [5.41, 5.74) is 1.20. The maximum absolute atomic E-state index is 10.5. The highest BCUT2D eigenvalue weighted by atomic mass is 79.9. The SMILES string of the molecule is O=S(=O)(O)CCCc1nc2[c]c(Br)ccc2o1. The van der Waals surface area contributed by atoms with E-state index in [2.05, 4.69) is 27.0 Å². The van der Waals surface area contributed by atoms with E-state index in [0.717, 1.165) is 4.47 Å². The molecule has 2 aromatic rings. The van der Waals surface area contributed by atoms with Gasteiger partial charge < -0.3 is 4.42 Å². The van der Waals surface area contributed by atoms with Crippen molar-refractivity contribution in [2.45, 2.75) is 12.8 Å². The van der Waals surface area contributed by atoms with E-state index < -0.39 is 10.1 Å². The van der Waals surface area contributed by atoms with Gasteiger partial charge in [0, 0.05) is 17.0 Å². The molecule has 2 rings (SSSR count). The lowest BCUT2D eigenvalue weighted by atomic mass is 10.3. The Kier molecular flexibility index (Phi) is 3.50. The molecule has 0 aliphatic heterocycles. The van der Waals surface area contributed by atoms with E-state index in [1.807, 2.05) is 0 Å². The number of rotatable bonds is 4. The minimum atomic E-state index is -3.92. The molecule has 1 aromatic heterocycles. The maximum atomic E-state index is 10.5. The van der Waals surface area contributed by atoms with Gasteiger partial charge in [0.05, 0.1) is 5.75 Å². The number of aryl methyl sites for hydroxylation is 1. The molecule has 17 heavy (non-hydrogen) atoms. The summed E-state index contributed by atoms with van der Waals surface area (Å²) in [6, 6.07) is 6.51. The fourth-order valence-electron chi connectivity index (χ4n) is 1.40. The van der Waals surface area contributed by atoms with E-state index in [1.54, 1.807) is 12.1 Å². The van der Waals surface area contributed by atoms with Crippen molar-refractivity contribution in [3.05, 3.63) is 28.6 Å². The van der Waals surface area contributed by atoms with E-state index in [1.165, 1.54) is 0 Å². The molecule has 0 bridgehead atoms.